The van der Waals surface area contributed by atoms with E-state index in [1.807, 2.05) is 41.8 Å². The number of benzene rings is 3. The zero-order valence-corrected chi connectivity index (χ0v) is 19.1. The van der Waals surface area contributed by atoms with Crippen molar-refractivity contribution in [3.63, 3.8) is 0 Å². The van der Waals surface area contributed by atoms with E-state index in [1.165, 1.54) is 29.3 Å². The number of fused-ring (bicyclic) bond motifs is 2. The molecular weight excluding hydrogens is 458 g/mol. The maximum absolute atomic E-state index is 13.3. The smallest absolute Gasteiger partial charge is 0.263 e. The van der Waals surface area contributed by atoms with Crippen LogP contribution in [0.3, 0.4) is 0 Å². The molecule has 0 bridgehead atoms. The first-order chi connectivity index (χ1) is 16.0. The summed E-state index contributed by atoms with van der Waals surface area (Å²) in [5.41, 5.74) is 1.91. The summed E-state index contributed by atoms with van der Waals surface area (Å²) in [5, 5.41) is 7.88. The molecule has 6 nitrogen and oxygen atoms in total. The van der Waals surface area contributed by atoms with Crippen molar-refractivity contribution in [2.45, 2.75) is 6.54 Å². The Hall–Kier alpha value is -3.68. The highest BCUT2D eigenvalue weighted by atomic mass is 35.5. The summed E-state index contributed by atoms with van der Waals surface area (Å²) in [4.78, 5) is 31.1. The van der Waals surface area contributed by atoms with Gasteiger partial charge in [0.2, 0.25) is 5.91 Å². The zero-order chi connectivity index (χ0) is 22.9. The fraction of sp³-hybridized carbons (Fsp3) is 0.0800. The molecule has 5 aromatic rings. The van der Waals surface area contributed by atoms with Gasteiger partial charge in [0, 0.05) is 16.0 Å². The molecule has 3 aromatic carbocycles. The highest BCUT2D eigenvalue weighted by Crippen LogP contribution is 2.32. The molecule has 0 saturated carbocycles. The first-order valence-electron chi connectivity index (χ1n) is 10.1. The third-order valence-corrected chi connectivity index (χ3v) is 6.49. The number of rotatable bonds is 5. The Kier molecular flexibility index (Phi) is 5.58. The Balaban J connectivity index is 1.49. The summed E-state index contributed by atoms with van der Waals surface area (Å²) in [6, 6.07) is 19.1. The van der Waals surface area contributed by atoms with Crippen LogP contribution in [0.2, 0.25) is 5.02 Å². The molecular formula is C25H18ClN3O3S. The van der Waals surface area contributed by atoms with Crippen molar-refractivity contribution in [2.24, 2.45) is 0 Å². The molecule has 8 heteroatoms. The van der Waals surface area contributed by atoms with Gasteiger partial charge < -0.3 is 10.1 Å². The maximum Gasteiger partial charge on any atom is 0.263 e. The molecule has 0 saturated heterocycles. The van der Waals surface area contributed by atoms with Crippen molar-refractivity contribution in [3.8, 4) is 16.9 Å². The summed E-state index contributed by atoms with van der Waals surface area (Å²) in [6.07, 6.45) is 1.40. The molecule has 5 rings (SSSR count). The largest absolute Gasteiger partial charge is 0.495 e. The van der Waals surface area contributed by atoms with Crippen LogP contribution in [0.15, 0.2) is 77.2 Å². The molecule has 0 atom stereocenters. The van der Waals surface area contributed by atoms with E-state index in [4.69, 9.17) is 16.3 Å². The second-order valence-electron chi connectivity index (χ2n) is 7.46. The SMILES string of the molecule is COc1ccc(Cl)cc1NC(=O)Cn1cnc2scc(-c3ccc4ccccc4c3)c2c1=O. The number of anilines is 1. The van der Waals surface area contributed by atoms with Crippen molar-refractivity contribution in [1.82, 2.24) is 9.55 Å². The van der Waals surface area contributed by atoms with Gasteiger partial charge in [-0.3, -0.25) is 14.2 Å². The van der Waals surface area contributed by atoms with Gasteiger partial charge in [0.05, 0.1) is 24.5 Å². The average Bonchev–Trinajstić information content (AvgIpc) is 3.26. The average molecular weight is 476 g/mol. The Labute approximate surface area is 198 Å². The second-order valence-corrected chi connectivity index (χ2v) is 8.76. The Morgan fingerprint density at radius 1 is 1.12 bits per heavy atom. The molecule has 164 valence electrons. The minimum atomic E-state index is -0.388. The van der Waals surface area contributed by atoms with E-state index in [1.54, 1.807) is 18.2 Å². The molecule has 1 amide bonds. The van der Waals surface area contributed by atoms with Crippen LogP contribution in [-0.2, 0) is 11.3 Å². The number of ether oxygens (including phenoxy) is 1. The van der Waals surface area contributed by atoms with E-state index in [-0.39, 0.29) is 18.0 Å². The van der Waals surface area contributed by atoms with E-state index in [9.17, 15) is 9.59 Å². The molecule has 0 unspecified atom stereocenters. The number of amides is 1. The first kappa shape index (κ1) is 21.2. The first-order valence-corrected chi connectivity index (χ1v) is 11.4. The van der Waals surface area contributed by atoms with Crippen LogP contribution in [0.1, 0.15) is 0 Å². The summed E-state index contributed by atoms with van der Waals surface area (Å²) in [5.74, 6) is 0.0893. The van der Waals surface area contributed by atoms with E-state index in [0.29, 0.717) is 26.7 Å². The quantitative estimate of drug-likeness (QED) is 0.360. The lowest BCUT2D eigenvalue weighted by molar-refractivity contribution is -0.116. The Bertz CT molecular complexity index is 1570. The summed E-state index contributed by atoms with van der Waals surface area (Å²) in [7, 11) is 1.51. The normalized spacial score (nSPS) is 11.1. The highest BCUT2D eigenvalue weighted by Gasteiger charge is 2.16. The number of thiophene rings is 1. The van der Waals surface area contributed by atoms with Crippen LogP contribution in [0, 0.1) is 0 Å². The molecule has 0 radical (unpaired) electrons. The molecule has 0 fully saturated rings. The van der Waals surface area contributed by atoms with Crippen LogP contribution in [0.5, 0.6) is 5.75 Å². The Morgan fingerprint density at radius 3 is 2.76 bits per heavy atom. The number of aromatic nitrogens is 2. The van der Waals surface area contributed by atoms with Crippen LogP contribution >= 0.6 is 22.9 Å². The van der Waals surface area contributed by atoms with Crippen molar-refractivity contribution >= 4 is 55.5 Å². The number of carbonyl (C=O) groups excluding carboxylic acids is 1. The predicted molar refractivity (Wildman–Crippen MR) is 133 cm³/mol. The fourth-order valence-corrected chi connectivity index (χ4v) is 4.85. The van der Waals surface area contributed by atoms with Crippen LogP contribution in [0.4, 0.5) is 5.69 Å². The lowest BCUT2D eigenvalue weighted by Crippen LogP contribution is -2.28. The van der Waals surface area contributed by atoms with Gasteiger partial charge in [-0.1, -0.05) is 48.0 Å². The van der Waals surface area contributed by atoms with E-state index >= 15 is 0 Å². The number of nitrogens with zero attached hydrogens (tertiary/aromatic N) is 2. The van der Waals surface area contributed by atoms with Gasteiger partial charge in [0.1, 0.15) is 17.1 Å². The lowest BCUT2D eigenvalue weighted by atomic mass is 10.0. The summed E-state index contributed by atoms with van der Waals surface area (Å²) >= 11 is 7.45. The second kappa shape index (κ2) is 8.69. The van der Waals surface area contributed by atoms with Gasteiger partial charge in [0.15, 0.2) is 0 Å². The van der Waals surface area contributed by atoms with Crippen LogP contribution in [0.25, 0.3) is 32.1 Å². The van der Waals surface area contributed by atoms with Crippen LogP contribution in [-0.4, -0.2) is 22.6 Å². The highest BCUT2D eigenvalue weighted by molar-refractivity contribution is 7.17. The molecule has 0 aliphatic heterocycles. The topological polar surface area (TPSA) is 73.2 Å². The van der Waals surface area contributed by atoms with Gasteiger partial charge in [-0.2, -0.15) is 0 Å². The van der Waals surface area contributed by atoms with E-state index in [0.717, 1.165) is 21.9 Å². The molecule has 1 N–H and O–H groups in total. The molecule has 0 spiro atoms. The van der Waals surface area contributed by atoms with Gasteiger partial charge in [0.25, 0.3) is 5.56 Å². The van der Waals surface area contributed by atoms with Gasteiger partial charge in [-0.15, -0.1) is 11.3 Å². The maximum atomic E-state index is 13.3. The van der Waals surface area contributed by atoms with Crippen molar-refractivity contribution in [1.29, 1.82) is 0 Å². The minimum absolute atomic E-state index is 0.190. The third kappa shape index (κ3) is 4.08. The summed E-state index contributed by atoms with van der Waals surface area (Å²) < 4.78 is 6.58. The summed E-state index contributed by atoms with van der Waals surface area (Å²) in [6.45, 7) is -0.190. The Morgan fingerprint density at radius 2 is 1.94 bits per heavy atom. The van der Waals surface area contributed by atoms with Gasteiger partial charge in [-0.25, -0.2) is 4.98 Å². The molecule has 2 heterocycles. The van der Waals surface area contributed by atoms with E-state index in [2.05, 4.69) is 16.4 Å². The third-order valence-electron chi connectivity index (χ3n) is 5.37. The monoisotopic (exact) mass is 475 g/mol. The molecule has 33 heavy (non-hydrogen) atoms. The predicted octanol–water partition coefficient (Wildman–Crippen LogP) is 5.58. The van der Waals surface area contributed by atoms with Crippen molar-refractivity contribution < 1.29 is 9.53 Å². The number of nitrogens with one attached hydrogen (secondary N) is 1. The number of hydrogen-bond donors (Lipinski definition) is 1. The van der Waals surface area contributed by atoms with E-state index < -0.39 is 0 Å². The van der Waals surface area contributed by atoms with Gasteiger partial charge in [-0.05, 0) is 40.6 Å². The fourth-order valence-electron chi connectivity index (χ4n) is 3.77. The van der Waals surface area contributed by atoms with Crippen molar-refractivity contribution in [3.05, 3.63) is 87.7 Å². The molecule has 2 aromatic heterocycles. The number of carbonyl (C=O) groups is 1. The molecule has 0 aliphatic carbocycles. The number of methoxy groups -OCH3 is 1. The number of halogens is 1. The van der Waals surface area contributed by atoms with Gasteiger partial charge >= 0.3 is 0 Å². The zero-order valence-electron chi connectivity index (χ0n) is 17.5. The minimum Gasteiger partial charge on any atom is -0.495 e. The standard InChI is InChI=1S/C25H18ClN3O3S/c1-32-21-9-8-18(26)11-20(21)28-22(30)12-29-14-27-24-23(25(29)31)19(13-33-24)17-7-6-15-4-2-3-5-16(15)10-17/h2-11,13-14H,12H2,1H3,(H,28,30). The lowest BCUT2D eigenvalue weighted by Gasteiger charge is -2.11. The molecule has 0 aliphatic rings. The number of hydrogen-bond acceptors (Lipinski definition) is 5. The van der Waals surface area contributed by atoms with Crippen molar-refractivity contribution in [2.75, 3.05) is 12.4 Å². The van der Waals surface area contributed by atoms with Crippen LogP contribution < -0.4 is 15.6 Å².